The molecule has 118 valence electrons. The molecule has 0 saturated carbocycles. The summed E-state index contributed by atoms with van der Waals surface area (Å²) in [5, 5.41) is 4.16. The van der Waals surface area contributed by atoms with Crippen LogP contribution in [0.25, 0.3) is 11.4 Å². The first kappa shape index (κ1) is 15.1. The van der Waals surface area contributed by atoms with Crippen molar-refractivity contribution in [3.05, 3.63) is 29.8 Å². The molecule has 2 aromatic heterocycles. The second-order valence-electron chi connectivity index (χ2n) is 5.70. The highest BCUT2D eigenvalue weighted by molar-refractivity contribution is 7.88. The number of nitrogens with zero attached hydrogens (tertiary/aromatic N) is 5. The van der Waals surface area contributed by atoms with Gasteiger partial charge in [-0.1, -0.05) is 0 Å². The van der Waals surface area contributed by atoms with Crippen LogP contribution in [0.3, 0.4) is 0 Å². The van der Waals surface area contributed by atoms with E-state index < -0.39 is 10.0 Å². The normalized spacial score (nSPS) is 19.7. The van der Waals surface area contributed by atoms with Gasteiger partial charge in [0.15, 0.2) is 0 Å². The second kappa shape index (κ2) is 5.44. The van der Waals surface area contributed by atoms with Gasteiger partial charge in [0, 0.05) is 37.9 Å². The summed E-state index contributed by atoms with van der Waals surface area (Å²) in [6, 6.07) is 3.83. The van der Waals surface area contributed by atoms with E-state index >= 15 is 0 Å². The predicted octanol–water partition coefficient (Wildman–Crippen LogP) is 0.934. The van der Waals surface area contributed by atoms with Gasteiger partial charge in [-0.05, 0) is 25.5 Å². The SMILES string of the molecule is Cc1cc(-c2ccnn2C)nc([C@H]2CCN(S(C)(=O)=O)C2)n1. The number of aryl methyl sites for hydroxylation is 2. The second-order valence-corrected chi connectivity index (χ2v) is 7.68. The molecule has 1 aliphatic heterocycles. The Morgan fingerprint density at radius 1 is 1.32 bits per heavy atom. The lowest BCUT2D eigenvalue weighted by Crippen LogP contribution is -2.27. The minimum absolute atomic E-state index is 0.0432. The molecule has 2 aromatic rings. The number of sulfonamides is 1. The quantitative estimate of drug-likeness (QED) is 0.840. The molecule has 0 N–H and O–H groups in total. The Morgan fingerprint density at radius 2 is 2.09 bits per heavy atom. The maximum atomic E-state index is 11.6. The van der Waals surface area contributed by atoms with Crippen LogP contribution in [0.15, 0.2) is 18.3 Å². The Labute approximate surface area is 130 Å². The smallest absolute Gasteiger partial charge is 0.211 e. The van der Waals surface area contributed by atoms with Crippen LogP contribution in [-0.2, 0) is 17.1 Å². The minimum atomic E-state index is -3.15. The van der Waals surface area contributed by atoms with E-state index in [0.29, 0.717) is 18.9 Å². The largest absolute Gasteiger partial charge is 0.266 e. The third kappa shape index (κ3) is 2.89. The van der Waals surface area contributed by atoms with E-state index in [2.05, 4.69) is 15.1 Å². The van der Waals surface area contributed by atoms with E-state index in [1.165, 1.54) is 10.6 Å². The molecule has 8 heteroatoms. The molecular weight excluding hydrogens is 302 g/mol. The minimum Gasteiger partial charge on any atom is -0.266 e. The predicted molar refractivity (Wildman–Crippen MR) is 82.7 cm³/mol. The molecule has 0 aromatic carbocycles. The molecule has 0 aliphatic carbocycles. The van der Waals surface area contributed by atoms with Gasteiger partial charge in [0.05, 0.1) is 17.6 Å². The van der Waals surface area contributed by atoms with Crippen LogP contribution in [0.5, 0.6) is 0 Å². The Balaban J connectivity index is 1.93. The van der Waals surface area contributed by atoms with E-state index in [1.54, 1.807) is 10.9 Å². The molecular formula is C14H19N5O2S. The maximum absolute atomic E-state index is 11.6. The average Bonchev–Trinajstić information content (AvgIpc) is 3.05. The molecule has 3 heterocycles. The molecule has 1 fully saturated rings. The zero-order valence-electron chi connectivity index (χ0n) is 12.9. The summed E-state index contributed by atoms with van der Waals surface area (Å²) >= 11 is 0. The van der Waals surface area contributed by atoms with Crippen molar-refractivity contribution in [1.82, 2.24) is 24.1 Å². The zero-order chi connectivity index (χ0) is 15.9. The fourth-order valence-electron chi connectivity index (χ4n) is 2.77. The van der Waals surface area contributed by atoms with Gasteiger partial charge in [0.1, 0.15) is 5.82 Å². The zero-order valence-corrected chi connectivity index (χ0v) is 13.7. The standard InChI is InChI=1S/C14H19N5O2S/c1-10-8-12(13-4-6-15-18(13)2)17-14(16-10)11-5-7-19(9-11)22(3,20)21/h4,6,8,11H,5,7,9H2,1-3H3/t11-/m0/s1. The summed E-state index contributed by atoms with van der Waals surface area (Å²) in [6.45, 7) is 2.91. The number of rotatable bonds is 3. The molecule has 0 radical (unpaired) electrons. The molecule has 1 saturated heterocycles. The third-order valence-corrected chi connectivity index (χ3v) is 5.21. The Kier molecular flexibility index (Phi) is 3.73. The van der Waals surface area contributed by atoms with Crippen molar-refractivity contribution in [2.75, 3.05) is 19.3 Å². The number of hydrogen-bond acceptors (Lipinski definition) is 5. The van der Waals surface area contributed by atoms with Gasteiger partial charge >= 0.3 is 0 Å². The first-order valence-corrected chi connectivity index (χ1v) is 8.98. The lowest BCUT2D eigenvalue weighted by atomic mass is 10.1. The van der Waals surface area contributed by atoms with Gasteiger partial charge in [0.25, 0.3) is 0 Å². The molecule has 0 unspecified atom stereocenters. The van der Waals surface area contributed by atoms with Crippen LogP contribution in [0, 0.1) is 6.92 Å². The Morgan fingerprint density at radius 3 is 2.68 bits per heavy atom. The van der Waals surface area contributed by atoms with Crippen molar-refractivity contribution >= 4 is 10.0 Å². The van der Waals surface area contributed by atoms with Crippen molar-refractivity contribution in [2.45, 2.75) is 19.3 Å². The highest BCUT2D eigenvalue weighted by atomic mass is 32.2. The first-order chi connectivity index (χ1) is 10.3. The van der Waals surface area contributed by atoms with E-state index in [4.69, 9.17) is 0 Å². The van der Waals surface area contributed by atoms with Crippen LogP contribution in [0.1, 0.15) is 23.9 Å². The van der Waals surface area contributed by atoms with Gasteiger partial charge in [-0.25, -0.2) is 22.7 Å². The summed E-state index contributed by atoms with van der Waals surface area (Å²) < 4.78 is 26.6. The number of aromatic nitrogens is 4. The van der Waals surface area contributed by atoms with Crippen molar-refractivity contribution in [3.63, 3.8) is 0 Å². The monoisotopic (exact) mass is 321 g/mol. The van der Waals surface area contributed by atoms with E-state index in [1.807, 2.05) is 26.1 Å². The van der Waals surface area contributed by atoms with Gasteiger partial charge in [-0.2, -0.15) is 5.10 Å². The summed E-state index contributed by atoms with van der Waals surface area (Å²) in [7, 11) is -1.28. The van der Waals surface area contributed by atoms with Crippen LogP contribution >= 0.6 is 0 Å². The highest BCUT2D eigenvalue weighted by Gasteiger charge is 2.31. The van der Waals surface area contributed by atoms with Crippen LogP contribution < -0.4 is 0 Å². The summed E-state index contributed by atoms with van der Waals surface area (Å²) in [5.41, 5.74) is 2.61. The van der Waals surface area contributed by atoms with Gasteiger partial charge in [0.2, 0.25) is 10.0 Å². The van der Waals surface area contributed by atoms with E-state index in [-0.39, 0.29) is 5.92 Å². The van der Waals surface area contributed by atoms with Crippen molar-refractivity contribution in [2.24, 2.45) is 7.05 Å². The maximum Gasteiger partial charge on any atom is 0.211 e. The lowest BCUT2D eigenvalue weighted by Gasteiger charge is -2.13. The molecule has 0 amide bonds. The van der Waals surface area contributed by atoms with Crippen molar-refractivity contribution in [1.29, 1.82) is 0 Å². The molecule has 0 bridgehead atoms. The molecule has 3 rings (SSSR count). The average molecular weight is 321 g/mol. The Bertz CT molecular complexity index is 799. The fourth-order valence-corrected chi connectivity index (χ4v) is 3.66. The first-order valence-electron chi connectivity index (χ1n) is 7.13. The number of hydrogen-bond donors (Lipinski definition) is 0. The van der Waals surface area contributed by atoms with Gasteiger partial charge in [-0.15, -0.1) is 0 Å². The highest BCUT2D eigenvalue weighted by Crippen LogP contribution is 2.28. The third-order valence-electron chi connectivity index (χ3n) is 3.94. The van der Waals surface area contributed by atoms with Gasteiger partial charge < -0.3 is 0 Å². The summed E-state index contributed by atoms with van der Waals surface area (Å²) in [5.74, 6) is 0.754. The van der Waals surface area contributed by atoms with Crippen LogP contribution in [0.2, 0.25) is 0 Å². The van der Waals surface area contributed by atoms with Crippen LogP contribution in [-0.4, -0.2) is 51.8 Å². The van der Waals surface area contributed by atoms with Gasteiger partial charge in [-0.3, -0.25) is 4.68 Å². The van der Waals surface area contributed by atoms with Crippen molar-refractivity contribution in [3.8, 4) is 11.4 Å². The topological polar surface area (TPSA) is 81.0 Å². The van der Waals surface area contributed by atoms with Crippen LogP contribution in [0.4, 0.5) is 0 Å². The molecule has 22 heavy (non-hydrogen) atoms. The molecule has 1 aliphatic rings. The molecule has 7 nitrogen and oxygen atoms in total. The molecule has 0 spiro atoms. The summed E-state index contributed by atoms with van der Waals surface area (Å²) in [6.07, 6.45) is 3.72. The van der Waals surface area contributed by atoms with Crippen molar-refractivity contribution < 1.29 is 8.42 Å². The Hall–Kier alpha value is -1.80. The summed E-state index contributed by atoms with van der Waals surface area (Å²) in [4.78, 5) is 9.15. The lowest BCUT2D eigenvalue weighted by molar-refractivity contribution is 0.476. The molecule has 1 atom stereocenters. The van der Waals surface area contributed by atoms with E-state index in [0.717, 1.165) is 23.5 Å². The van der Waals surface area contributed by atoms with E-state index in [9.17, 15) is 8.42 Å². The fraction of sp³-hybridized carbons (Fsp3) is 0.500.